The number of allylic oxidation sites excluding steroid dienone is 1. The maximum Gasteiger partial charge on any atom is 0.324 e. The van der Waals surface area contributed by atoms with Crippen LogP contribution in [0.1, 0.15) is 93.1 Å². The predicted octanol–water partition coefficient (Wildman–Crippen LogP) is 6.18. The lowest BCUT2D eigenvalue weighted by Gasteiger charge is -2.53. The van der Waals surface area contributed by atoms with Crippen molar-refractivity contribution in [3.63, 3.8) is 0 Å². The molecular weight excluding hydrogens is 488 g/mol. The van der Waals surface area contributed by atoms with E-state index in [-0.39, 0.29) is 47.2 Å². The van der Waals surface area contributed by atoms with Gasteiger partial charge in [-0.1, -0.05) is 36.4 Å². The fourth-order valence-electron chi connectivity index (χ4n) is 6.91. The number of esters is 2. The van der Waals surface area contributed by atoms with Gasteiger partial charge >= 0.3 is 11.9 Å². The van der Waals surface area contributed by atoms with Crippen molar-refractivity contribution < 1.29 is 19.1 Å². The Kier molecular flexibility index (Phi) is 8.85. The van der Waals surface area contributed by atoms with Gasteiger partial charge in [0.05, 0.1) is 0 Å². The minimum atomic E-state index is -1.50. The van der Waals surface area contributed by atoms with Crippen LogP contribution < -0.4 is 0 Å². The normalized spacial score (nSPS) is 23.6. The maximum atomic E-state index is 14.2. The van der Waals surface area contributed by atoms with E-state index in [1.54, 1.807) is 6.08 Å². The molecule has 0 aromatic heterocycles. The summed E-state index contributed by atoms with van der Waals surface area (Å²) in [4.78, 5) is 33.2. The highest BCUT2D eigenvalue weighted by atomic mass is 16.6. The first-order chi connectivity index (χ1) is 17.9. The number of hydrogen-bond acceptors (Lipinski definition) is 6. The van der Waals surface area contributed by atoms with E-state index in [1.165, 1.54) is 0 Å². The van der Waals surface area contributed by atoms with E-state index in [2.05, 4.69) is 85.9 Å². The number of carbonyl (C=O) groups excluding carboxylic acids is 2. The number of nitrogens with zero attached hydrogens (tertiary/aromatic N) is 2. The lowest BCUT2D eigenvalue weighted by molar-refractivity contribution is -0.187. The molecule has 2 aliphatic rings. The van der Waals surface area contributed by atoms with Gasteiger partial charge in [-0.3, -0.25) is 19.4 Å². The molecule has 0 atom stereocenters. The molecule has 2 fully saturated rings. The fourth-order valence-corrected chi connectivity index (χ4v) is 6.91. The fraction of sp³-hybridized carbons (Fsp3) is 0.697. The number of ether oxygens (including phenoxy) is 2. The number of carbonyl (C=O) groups is 2. The van der Waals surface area contributed by atoms with Gasteiger partial charge in [-0.25, -0.2) is 0 Å². The first-order valence-corrected chi connectivity index (χ1v) is 14.4. The number of piperidine rings is 2. The van der Waals surface area contributed by atoms with Gasteiger partial charge in [-0.2, -0.15) is 0 Å². The van der Waals surface area contributed by atoms with Crippen molar-refractivity contribution in [2.45, 2.75) is 128 Å². The third kappa shape index (κ3) is 6.59. The maximum absolute atomic E-state index is 14.2. The van der Waals surface area contributed by atoms with Crippen molar-refractivity contribution in [2.24, 2.45) is 5.41 Å². The minimum absolute atomic E-state index is 0.151. The summed E-state index contributed by atoms with van der Waals surface area (Å²) in [6.07, 6.45) is 4.19. The van der Waals surface area contributed by atoms with E-state index >= 15 is 0 Å². The molecule has 0 unspecified atom stereocenters. The first kappa shape index (κ1) is 31.3. The van der Waals surface area contributed by atoms with Crippen molar-refractivity contribution in [2.75, 3.05) is 14.1 Å². The second-order valence-corrected chi connectivity index (χ2v) is 14.5. The molecule has 6 nitrogen and oxygen atoms in total. The Morgan fingerprint density at radius 2 is 1.15 bits per heavy atom. The monoisotopic (exact) mass is 540 g/mol. The summed E-state index contributed by atoms with van der Waals surface area (Å²) in [6, 6.07) is 9.67. The standard InChI is InChI=1S/C33H52N2O4/c1-12-18-33(19-24-16-14-13-15-17-24,27(36)38-25-20-29(2,3)34(10)30(4,5)21-25)28(37)39-26-22-31(6,7)35(11)32(8,9)23-26/h12-17,25-26H,1,18-23H2,2-11H3. The quantitative estimate of drug-likeness (QED) is 0.223. The molecule has 0 N–H and O–H groups in total. The van der Waals surface area contributed by atoms with Crippen molar-refractivity contribution in [3.8, 4) is 0 Å². The third-order valence-electron chi connectivity index (χ3n) is 9.71. The smallest absolute Gasteiger partial charge is 0.324 e. The molecule has 0 radical (unpaired) electrons. The largest absolute Gasteiger partial charge is 0.461 e. The second kappa shape index (κ2) is 11.0. The van der Waals surface area contributed by atoms with Crippen LogP contribution in [0.4, 0.5) is 0 Å². The number of rotatable bonds is 8. The van der Waals surface area contributed by atoms with Crippen molar-refractivity contribution >= 4 is 11.9 Å². The minimum Gasteiger partial charge on any atom is -0.461 e. The molecule has 39 heavy (non-hydrogen) atoms. The average molecular weight is 541 g/mol. The molecule has 2 saturated heterocycles. The zero-order valence-corrected chi connectivity index (χ0v) is 26.1. The van der Waals surface area contributed by atoms with Crippen LogP contribution in [-0.4, -0.2) is 70.2 Å². The summed E-state index contributed by atoms with van der Waals surface area (Å²) >= 11 is 0. The molecule has 218 valence electrons. The van der Waals surface area contributed by atoms with Crippen LogP contribution in [0.3, 0.4) is 0 Å². The molecular formula is C33H52N2O4. The van der Waals surface area contributed by atoms with Crippen molar-refractivity contribution in [1.82, 2.24) is 9.80 Å². The van der Waals surface area contributed by atoms with E-state index in [0.717, 1.165) is 5.56 Å². The van der Waals surface area contributed by atoms with E-state index in [0.29, 0.717) is 25.7 Å². The predicted molar refractivity (Wildman–Crippen MR) is 157 cm³/mol. The summed E-state index contributed by atoms with van der Waals surface area (Å²) in [5.41, 5.74) is -1.23. The third-order valence-corrected chi connectivity index (χ3v) is 9.71. The molecule has 0 spiro atoms. The van der Waals surface area contributed by atoms with Crippen molar-refractivity contribution in [3.05, 3.63) is 48.6 Å². The van der Waals surface area contributed by atoms with E-state index in [4.69, 9.17) is 9.47 Å². The van der Waals surface area contributed by atoms with Crippen molar-refractivity contribution in [1.29, 1.82) is 0 Å². The van der Waals surface area contributed by atoms with Gasteiger partial charge in [0.25, 0.3) is 0 Å². The highest BCUT2D eigenvalue weighted by Crippen LogP contribution is 2.42. The van der Waals surface area contributed by atoms with Crippen LogP contribution in [0, 0.1) is 5.41 Å². The molecule has 2 aliphatic heterocycles. The molecule has 1 aromatic rings. The molecule has 0 bridgehead atoms. The van der Waals surface area contributed by atoms with Crippen LogP contribution in [-0.2, 0) is 25.5 Å². The number of benzene rings is 1. The van der Waals surface area contributed by atoms with E-state index in [9.17, 15) is 9.59 Å². The van der Waals surface area contributed by atoms with Gasteiger partial charge in [0, 0.05) is 47.8 Å². The Morgan fingerprint density at radius 3 is 1.49 bits per heavy atom. The Hall–Kier alpha value is -2.18. The highest BCUT2D eigenvalue weighted by Gasteiger charge is 2.53. The molecule has 0 saturated carbocycles. The van der Waals surface area contributed by atoms with Crippen LogP contribution in [0.15, 0.2) is 43.0 Å². The molecule has 0 amide bonds. The summed E-state index contributed by atoms with van der Waals surface area (Å²) in [5, 5.41) is 0. The first-order valence-electron chi connectivity index (χ1n) is 14.4. The Morgan fingerprint density at radius 1 is 0.795 bits per heavy atom. The highest BCUT2D eigenvalue weighted by molar-refractivity contribution is 6.00. The van der Waals surface area contributed by atoms with Gasteiger partial charge in [-0.15, -0.1) is 6.58 Å². The van der Waals surface area contributed by atoms with Gasteiger partial charge in [-0.05, 0) is 87.9 Å². The van der Waals surface area contributed by atoms with E-state index in [1.807, 2.05) is 30.3 Å². The average Bonchev–Trinajstić information content (AvgIpc) is 2.80. The Bertz CT molecular complexity index is 951. The number of likely N-dealkylation sites (tertiary alicyclic amines) is 2. The second-order valence-electron chi connectivity index (χ2n) is 14.5. The van der Waals surface area contributed by atoms with E-state index < -0.39 is 17.4 Å². The molecule has 1 aromatic carbocycles. The molecule has 3 rings (SSSR count). The summed E-state index contributed by atoms with van der Waals surface area (Å²) in [5.74, 6) is -1.02. The summed E-state index contributed by atoms with van der Waals surface area (Å²) in [6.45, 7) is 21.3. The Labute approximate surface area is 237 Å². The topological polar surface area (TPSA) is 59.1 Å². The zero-order chi connectivity index (χ0) is 29.4. The summed E-state index contributed by atoms with van der Waals surface area (Å²) < 4.78 is 12.6. The Balaban J connectivity index is 1.95. The zero-order valence-electron chi connectivity index (χ0n) is 26.1. The van der Waals surface area contributed by atoms with Crippen LogP contribution in [0.5, 0.6) is 0 Å². The molecule has 0 aliphatic carbocycles. The van der Waals surface area contributed by atoms with Gasteiger partial charge < -0.3 is 9.47 Å². The van der Waals surface area contributed by atoms with Crippen LogP contribution in [0.25, 0.3) is 0 Å². The molecule has 6 heteroatoms. The molecule has 2 heterocycles. The lowest BCUT2D eigenvalue weighted by atomic mass is 9.76. The van der Waals surface area contributed by atoms with Gasteiger partial charge in [0.2, 0.25) is 0 Å². The van der Waals surface area contributed by atoms with Gasteiger partial charge in [0.15, 0.2) is 5.41 Å². The SMILES string of the molecule is C=CCC(Cc1ccccc1)(C(=O)OC1CC(C)(C)N(C)C(C)(C)C1)C(=O)OC1CC(C)(C)N(C)C(C)(C)C1. The lowest BCUT2D eigenvalue weighted by Crippen LogP contribution is -2.61. The van der Waals surface area contributed by atoms with Crippen LogP contribution in [0.2, 0.25) is 0 Å². The van der Waals surface area contributed by atoms with Crippen LogP contribution >= 0.6 is 0 Å². The number of hydrogen-bond donors (Lipinski definition) is 0. The summed E-state index contributed by atoms with van der Waals surface area (Å²) in [7, 11) is 4.24. The van der Waals surface area contributed by atoms with Gasteiger partial charge in [0.1, 0.15) is 12.2 Å².